The Hall–Kier alpha value is -1.96. The van der Waals surface area contributed by atoms with E-state index in [0.717, 1.165) is 17.7 Å². The maximum atomic E-state index is 13.1. The lowest BCUT2D eigenvalue weighted by Crippen LogP contribution is -2.45. The van der Waals surface area contributed by atoms with Gasteiger partial charge in [-0.2, -0.15) is 4.31 Å². The molecule has 3 rings (SSSR count). The van der Waals surface area contributed by atoms with Crippen LogP contribution in [0, 0.1) is 11.7 Å². The number of carbonyl (C=O) groups is 1. The van der Waals surface area contributed by atoms with Gasteiger partial charge in [-0.1, -0.05) is 23.7 Å². The van der Waals surface area contributed by atoms with E-state index in [1.807, 2.05) is 12.1 Å². The highest BCUT2D eigenvalue weighted by Crippen LogP contribution is 2.25. The van der Waals surface area contributed by atoms with Crippen molar-refractivity contribution in [1.29, 1.82) is 0 Å². The standard InChI is InChI=1S/C20H22ClFN2O3S/c1-23(13-15-4-6-17(21)7-5-15)20(25)16-3-2-12-24(14-16)28(26,27)19-10-8-18(22)9-11-19/h4-11,16H,2-3,12-14H2,1H3/t16-/m0/s1. The van der Waals surface area contributed by atoms with Gasteiger partial charge in [0.25, 0.3) is 0 Å². The van der Waals surface area contributed by atoms with Crippen molar-refractivity contribution in [1.82, 2.24) is 9.21 Å². The first-order valence-corrected chi connectivity index (χ1v) is 10.8. The van der Waals surface area contributed by atoms with Crippen molar-refractivity contribution in [3.63, 3.8) is 0 Å². The maximum Gasteiger partial charge on any atom is 0.243 e. The summed E-state index contributed by atoms with van der Waals surface area (Å²) < 4.78 is 40.1. The first-order valence-electron chi connectivity index (χ1n) is 9.02. The van der Waals surface area contributed by atoms with Gasteiger partial charge in [0.2, 0.25) is 15.9 Å². The van der Waals surface area contributed by atoms with Crippen molar-refractivity contribution in [2.24, 2.45) is 5.92 Å². The zero-order chi connectivity index (χ0) is 20.3. The van der Waals surface area contributed by atoms with Crippen LogP contribution in [0.3, 0.4) is 0 Å². The second-order valence-electron chi connectivity index (χ2n) is 6.98. The topological polar surface area (TPSA) is 57.7 Å². The first kappa shape index (κ1) is 20.8. The Kier molecular flexibility index (Phi) is 6.37. The maximum absolute atomic E-state index is 13.1. The third-order valence-corrected chi connectivity index (χ3v) is 7.03. The quantitative estimate of drug-likeness (QED) is 0.737. The third kappa shape index (κ3) is 4.71. The predicted molar refractivity (Wildman–Crippen MR) is 106 cm³/mol. The second-order valence-corrected chi connectivity index (χ2v) is 9.35. The van der Waals surface area contributed by atoms with Crippen molar-refractivity contribution in [3.05, 3.63) is 64.9 Å². The van der Waals surface area contributed by atoms with Gasteiger partial charge >= 0.3 is 0 Å². The summed E-state index contributed by atoms with van der Waals surface area (Å²) in [4.78, 5) is 14.5. The number of halogens is 2. The number of benzene rings is 2. The third-order valence-electron chi connectivity index (χ3n) is 4.89. The molecular weight excluding hydrogens is 403 g/mol. The van der Waals surface area contributed by atoms with Gasteiger partial charge < -0.3 is 4.90 Å². The summed E-state index contributed by atoms with van der Waals surface area (Å²) in [6.45, 7) is 0.908. The number of amides is 1. The van der Waals surface area contributed by atoms with Gasteiger partial charge in [-0.25, -0.2) is 12.8 Å². The summed E-state index contributed by atoms with van der Waals surface area (Å²) in [7, 11) is -2.04. The molecule has 8 heteroatoms. The minimum absolute atomic E-state index is 0.0384. The van der Waals surface area contributed by atoms with Gasteiger partial charge in [0.15, 0.2) is 0 Å². The molecule has 0 unspecified atom stereocenters. The van der Waals surface area contributed by atoms with Crippen molar-refractivity contribution in [3.8, 4) is 0 Å². The fourth-order valence-corrected chi connectivity index (χ4v) is 5.02. The molecule has 150 valence electrons. The van der Waals surface area contributed by atoms with E-state index < -0.39 is 21.8 Å². The smallest absolute Gasteiger partial charge is 0.243 e. The molecule has 1 saturated heterocycles. The Morgan fingerprint density at radius 3 is 2.46 bits per heavy atom. The number of hydrogen-bond acceptors (Lipinski definition) is 3. The van der Waals surface area contributed by atoms with Crippen molar-refractivity contribution in [2.45, 2.75) is 24.3 Å². The lowest BCUT2D eigenvalue weighted by molar-refractivity contribution is -0.135. The molecule has 0 aromatic heterocycles. The van der Waals surface area contributed by atoms with E-state index in [9.17, 15) is 17.6 Å². The van der Waals surface area contributed by atoms with E-state index in [2.05, 4.69) is 0 Å². The van der Waals surface area contributed by atoms with Gasteiger partial charge in [-0.05, 0) is 54.8 Å². The number of sulfonamides is 1. The number of carbonyl (C=O) groups excluding carboxylic acids is 1. The predicted octanol–water partition coefficient (Wildman–Crippen LogP) is 3.54. The van der Waals surface area contributed by atoms with Crippen LogP contribution < -0.4 is 0 Å². The Bertz CT molecular complexity index is 933. The summed E-state index contributed by atoms with van der Waals surface area (Å²) in [5.74, 6) is -0.982. The zero-order valence-electron chi connectivity index (χ0n) is 15.5. The van der Waals surface area contributed by atoms with Gasteiger partial charge in [-0.15, -0.1) is 0 Å². The van der Waals surface area contributed by atoms with E-state index in [4.69, 9.17) is 11.6 Å². The second kappa shape index (κ2) is 8.59. The Morgan fingerprint density at radius 1 is 1.18 bits per heavy atom. The highest BCUT2D eigenvalue weighted by molar-refractivity contribution is 7.89. The Balaban J connectivity index is 1.68. The SMILES string of the molecule is CN(Cc1ccc(Cl)cc1)C(=O)[C@H]1CCCN(S(=O)(=O)c2ccc(F)cc2)C1. The average molecular weight is 425 g/mol. The average Bonchev–Trinajstić information content (AvgIpc) is 2.69. The molecule has 0 saturated carbocycles. The van der Waals surface area contributed by atoms with Crippen LogP contribution >= 0.6 is 11.6 Å². The summed E-state index contributed by atoms with van der Waals surface area (Å²) in [6, 6.07) is 12.0. The number of rotatable bonds is 5. The van der Waals surface area contributed by atoms with Crippen molar-refractivity contribution >= 4 is 27.5 Å². The molecule has 1 atom stereocenters. The number of piperidine rings is 1. The van der Waals surface area contributed by atoms with E-state index in [1.165, 1.54) is 16.4 Å². The molecule has 0 N–H and O–H groups in total. The first-order chi connectivity index (χ1) is 13.3. The molecule has 1 fully saturated rings. The van der Waals surface area contributed by atoms with E-state index in [-0.39, 0.29) is 17.3 Å². The van der Waals surface area contributed by atoms with E-state index in [0.29, 0.717) is 31.0 Å². The zero-order valence-corrected chi connectivity index (χ0v) is 17.1. The number of hydrogen-bond donors (Lipinski definition) is 0. The normalized spacial score (nSPS) is 18.0. The summed E-state index contributed by atoms with van der Waals surface area (Å²) in [5, 5.41) is 0.631. The van der Waals surface area contributed by atoms with Crippen molar-refractivity contribution in [2.75, 3.05) is 20.1 Å². The van der Waals surface area contributed by atoms with Crippen molar-refractivity contribution < 1.29 is 17.6 Å². The molecule has 1 heterocycles. The largest absolute Gasteiger partial charge is 0.341 e. The molecule has 1 amide bonds. The lowest BCUT2D eigenvalue weighted by Gasteiger charge is -2.33. The highest BCUT2D eigenvalue weighted by Gasteiger charge is 2.34. The lowest BCUT2D eigenvalue weighted by atomic mass is 9.98. The van der Waals surface area contributed by atoms with Crippen LogP contribution in [0.1, 0.15) is 18.4 Å². The molecule has 2 aromatic carbocycles. The van der Waals surface area contributed by atoms with Crippen LogP contribution in [-0.2, 0) is 21.4 Å². The molecule has 1 aliphatic heterocycles. The minimum Gasteiger partial charge on any atom is -0.341 e. The van der Waals surface area contributed by atoms with E-state index >= 15 is 0 Å². The van der Waals surface area contributed by atoms with Crippen LogP contribution in [-0.4, -0.2) is 43.7 Å². The molecule has 5 nitrogen and oxygen atoms in total. The minimum atomic E-state index is -3.75. The molecule has 0 aliphatic carbocycles. The van der Waals surface area contributed by atoms with Gasteiger partial charge in [0.1, 0.15) is 5.82 Å². The molecule has 28 heavy (non-hydrogen) atoms. The van der Waals surface area contributed by atoms with Crippen LogP contribution in [0.2, 0.25) is 5.02 Å². The van der Waals surface area contributed by atoms with Gasteiger partial charge in [-0.3, -0.25) is 4.79 Å². The van der Waals surface area contributed by atoms with E-state index in [1.54, 1.807) is 24.1 Å². The Morgan fingerprint density at radius 2 is 1.82 bits per heavy atom. The molecule has 2 aromatic rings. The molecule has 0 radical (unpaired) electrons. The fraction of sp³-hybridized carbons (Fsp3) is 0.350. The van der Waals surface area contributed by atoms with Gasteiger partial charge in [0, 0.05) is 31.7 Å². The van der Waals surface area contributed by atoms with Crippen LogP contribution in [0.5, 0.6) is 0 Å². The van der Waals surface area contributed by atoms with Crippen LogP contribution in [0.4, 0.5) is 4.39 Å². The Labute approximate surface area is 169 Å². The monoisotopic (exact) mass is 424 g/mol. The molecule has 0 bridgehead atoms. The highest BCUT2D eigenvalue weighted by atomic mass is 35.5. The number of nitrogens with zero attached hydrogens (tertiary/aromatic N) is 2. The summed E-state index contributed by atoms with van der Waals surface area (Å²) in [5.41, 5.74) is 0.951. The van der Waals surface area contributed by atoms with Crippen LogP contribution in [0.25, 0.3) is 0 Å². The molecular formula is C20H22ClFN2O3S. The molecule has 1 aliphatic rings. The van der Waals surface area contributed by atoms with Gasteiger partial charge in [0.05, 0.1) is 10.8 Å². The van der Waals surface area contributed by atoms with Crippen LogP contribution in [0.15, 0.2) is 53.4 Å². The summed E-state index contributed by atoms with van der Waals surface area (Å²) >= 11 is 5.89. The molecule has 0 spiro atoms. The fourth-order valence-electron chi connectivity index (χ4n) is 3.37. The summed E-state index contributed by atoms with van der Waals surface area (Å²) in [6.07, 6.45) is 1.24.